The number of nitrogens with one attached hydrogen (secondary N) is 2. The van der Waals surface area contributed by atoms with Gasteiger partial charge in [0.05, 0.1) is 11.4 Å². The largest absolute Gasteiger partial charge is 0.395 e. The Hall–Kier alpha value is -2.38. The van der Waals surface area contributed by atoms with Gasteiger partial charge >= 0.3 is 0 Å². The molecule has 0 spiro atoms. The number of hydrogen-bond acceptors (Lipinski definition) is 5. The van der Waals surface area contributed by atoms with Crippen LogP contribution in [-0.2, 0) is 7.05 Å². The maximum atomic E-state index is 12.0. The zero-order valence-electron chi connectivity index (χ0n) is 10.4. The van der Waals surface area contributed by atoms with Gasteiger partial charge in [0.15, 0.2) is 5.69 Å². The van der Waals surface area contributed by atoms with Gasteiger partial charge in [0, 0.05) is 7.05 Å². The Morgan fingerprint density at radius 1 is 1.56 bits per heavy atom. The molecule has 2 aromatic heterocycles. The number of amides is 1. The minimum atomic E-state index is -0.410. The van der Waals surface area contributed by atoms with Crippen molar-refractivity contribution in [3.63, 3.8) is 0 Å². The zero-order valence-corrected chi connectivity index (χ0v) is 10.4. The number of aryl methyl sites for hydroxylation is 1. The van der Waals surface area contributed by atoms with Gasteiger partial charge in [-0.05, 0) is 5.92 Å². The van der Waals surface area contributed by atoms with Gasteiger partial charge in [-0.15, -0.1) is 0 Å². The van der Waals surface area contributed by atoms with E-state index in [4.69, 9.17) is 5.73 Å². The van der Waals surface area contributed by atoms with Gasteiger partial charge in [-0.25, -0.2) is 4.68 Å². The normalized spacial score (nSPS) is 10.9. The van der Waals surface area contributed by atoms with Gasteiger partial charge in [-0.1, -0.05) is 13.8 Å². The van der Waals surface area contributed by atoms with Crippen LogP contribution in [0.5, 0.6) is 0 Å². The number of H-pyrrole nitrogens is 1. The predicted molar refractivity (Wildman–Crippen MR) is 66.0 cm³/mol. The number of rotatable bonds is 3. The van der Waals surface area contributed by atoms with E-state index >= 15 is 0 Å². The van der Waals surface area contributed by atoms with Gasteiger partial charge in [-0.3, -0.25) is 15.2 Å². The predicted octanol–water partition coefficient (Wildman–Crippen LogP) is 0.496. The topological polar surface area (TPSA) is 115 Å². The van der Waals surface area contributed by atoms with Crippen molar-refractivity contribution in [3.8, 4) is 0 Å². The van der Waals surface area contributed by atoms with E-state index in [9.17, 15) is 4.79 Å². The van der Waals surface area contributed by atoms with Crippen LogP contribution in [0, 0.1) is 0 Å². The van der Waals surface area contributed by atoms with Gasteiger partial charge < -0.3 is 5.73 Å². The summed E-state index contributed by atoms with van der Waals surface area (Å²) in [7, 11) is 1.68. The maximum absolute atomic E-state index is 12.0. The Balaban J connectivity index is 2.22. The minimum absolute atomic E-state index is 0.168. The third-order valence-electron chi connectivity index (χ3n) is 2.56. The molecule has 96 valence electrons. The lowest BCUT2D eigenvalue weighted by molar-refractivity contribution is 0.102. The van der Waals surface area contributed by atoms with E-state index in [0.29, 0.717) is 11.6 Å². The van der Waals surface area contributed by atoms with Crippen molar-refractivity contribution in [2.45, 2.75) is 19.8 Å². The Morgan fingerprint density at radius 3 is 2.78 bits per heavy atom. The van der Waals surface area contributed by atoms with Crippen LogP contribution < -0.4 is 11.1 Å². The number of nitrogen functional groups attached to an aromatic ring is 1. The van der Waals surface area contributed by atoms with Crippen molar-refractivity contribution in [1.29, 1.82) is 0 Å². The Labute approximate surface area is 104 Å². The number of anilines is 2. The molecule has 0 aliphatic rings. The van der Waals surface area contributed by atoms with Crippen LogP contribution in [0.15, 0.2) is 6.33 Å². The molecule has 8 heteroatoms. The quantitative estimate of drug-likeness (QED) is 0.732. The first-order chi connectivity index (χ1) is 8.50. The fourth-order valence-electron chi connectivity index (χ4n) is 1.55. The van der Waals surface area contributed by atoms with Crippen LogP contribution in [0.1, 0.15) is 35.9 Å². The molecule has 0 aliphatic carbocycles. The summed E-state index contributed by atoms with van der Waals surface area (Å²) in [6, 6.07) is 0. The molecule has 2 aromatic rings. The average molecular weight is 249 g/mol. The molecule has 0 aromatic carbocycles. The number of nitrogens with two attached hydrogens (primary N) is 1. The molecule has 2 rings (SSSR count). The number of carbonyl (C=O) groups excluding carboxylic acids is 1. The Kier molecular flexibility index (Phi) is 3.00. The summed E-state index contributed by atoms with van der Waals surface area (Å²) in [5.41, 5.74) is 7.16. The van der Waals surface area contributed by atoms with Crippen LogP contribution in [-0.4, -0.2) is 30.9 Å². The van der Waals surface area contributed by atoms with Crippen molar-refractivity contribution in [2.24, 2.45) is 7.05 Å². The first-order valence-electron chi connectivity index (χ1n) is 5.49. The maximum Gasteiger partial charge on any atom is 0.280 e. The highest BCUT2D eigenvalue weighted by Crippen LogP contribution is 2.22. The molecule has 4 N–H and O–H groups in total. The molecular formula is C10H15N7O. The van der Waals surface area contributed by atoms with Gasteiger partial charge in [0.2, 0.25) is 5.95 Å². The molecule has 1 amide bonds. The fraction of sp³-hybridized carbons (Fsp3) is 0.400. The summed E-state index contributed by atoms with van der Waals surface area (Å²) in [5.74, 6) is 0.106. The number of hydrogen-bond donors (Lipinski definition) is 3. The molecule has 8 nitrogen and oxygen atoms in total. The van der Waals surface area contributed by atoms with Crippen molar-refractivity contribution in [3.05, 3.63) is 17.7 Å². The van der Waals surface area contributed by atoms with E-state index in [1.54, 1.807) is 7.05 Å². The van der Waals surface area contributed by atoms with E-state index in [0.717, 1.165) is 5.69 Å². The van der Waals surface area contributed by atoms with E-state index in [2.05, 4.69) is 25.6 Å². The van der Waals surface area contributed by atoms with E-state index in [-0.39, 0.29) is 11.6 Å². The molecule has 18 heavy (non-hydrogen) atoms. The highest BCUT2D eigenvalue weighted by Gasteiger charge is 2.19. The average Bonchev–Trinajstić information content (AvgIpc) is 2.86. The first-order valence-corrected chi connectivity index (χ1v) is 5.49. The smallest absolute Gasteiger partial charge is 0.280 e. The van der Waals surface area contributed by atoms with Gasteiger partial charge in [-0.2, -0.15) is 15.2 Å². The van der Waals surface area contributed by atoms with Crippen LogP contribution in [0.4, 0.5) is 11.6 Å². The van der Waals surface area contributed by atoms with Crippen molar-refractivity contribution >= 4 is 17.5 Å². The van der Waals surface area contributed by atoms with Gasteiger partial charge in [0.1, 0.15) is 6.33 Å². The molecule has 0 aliphatic heterocycles. The lowest BCUT2D eigenvalue weighted by Crippen LogP contribution is -2.17. The summed E-state index contributed by atoms with van der Waals surface area (Å²) < 4.78 is 1.45. The summed E-state index contributed by atoms with van der Waals surface area (Å²) >= 11 is 0. The second-order valence-corrected chi connectivity index (χ2v) is 4.22. The standard InChI is InChI=1S/C10H15N7O/c1-5(2)7-6(11)8(16-15-7)9(18)14-10-12-4-13-17(10)3/h4-5H,11H2,1-3H3,(H,15,16)(H,12,13,14,18). The van der Waals surface area contributed by atoms with Crippen LogP contribution in [0.2, 0.25) is 0 Å². The summed E-state index contributed by atoms with van der Waals surface area (Å²) in [4.78, 5) is 15.9. The number of aromatic amines is 1. The molecule has 0 radical (unpaired) electrons. The molecule has 0 bridgehead atoms. The summed E-state index contributed by atoms with van der Waals surface area (Å²) in [5, 5.41) is 13.1. The number of nitrogens with zero attached hydrogens (tertiary/aromatic N) is 4. The first kappa shape index (κ1) is 12.1. The van der Waals surface area contributed by atoms with Crippen molar-refractivity contribution < 1.29 is 4.79 Å². The summed E-state index contributed by atoms with van der Waals surface area (Å²) in [6.45, 7) is 3.93. The molecule has 2 heterocycles. The highest BCUT2D eigenvalue weighted by atomic mass is 16.2. The van der Waals surface area contributed by atoms with Crippen LogP contribution in [0.3, 0.4) is 0 Å². The van der Waals surface area contributed by atoms with Crippen molar-refractivity contribution in [2.75, 3.05) is 11.1 Å². The van der Waals surface area contributed by atoms with Gasteiger partial charge in [0.25, 0.3) is 5.91 Å². The second-order valence-electron chi connectivity index (χ2n) is 4.22. The Morgan fingerprint density at radius 2 is 2.28 bits per heavy atom. The monoisotopic (exact) mass is 249 g/mol. The highest BCUT2D eigenvalue weighted by molar-refractivity contribution is 6.05. The molecule has 0 saturated carbocycles. The molecular weight excluding hydrogens is 234 g/mol. The molecule has 0 fully saturated rings. The minimum Gasteiger partial charge on any atom is -0.395 e. The lowest BCUT2D eigenvalue weighted by Gasteiger charge is -2.04. The van der Waals surface area contributed by atoms with E-state index in [1.807, 2.05) is 13.8 Å². The molecule has 0 atom stereocenters. The number of carbonyl (C=O) groups is 1. The Bertz CT molecular complexity index is 569. The van der Waals surface area contributed by atoms with Crippen LogP contribution >= 0.6 is 0 Å². The fourth-order valence-corrected chi connectivity index (χ4v) is 1.55. The summed E-state index contributed by atoms with van der Waals surface area (Å²) in [6.07, 6.45) is 1.35. The third kappa shape index (κ3) is 2.04. The third-order valence-corrected chi connectivity index (χ3v) is 2.56. The number of aromatic nitrogens is 5. The molecule has 0 unspecified atom stereocenters. The van der Waals surface area contributed by atoms with E-state index in [1.165, 1.54) is 11.0 Å². The zero-order chi connectivity index (χ0) is 13.3. The molecule has 0 saturated heterocycles. The van der Waals surface area contributed by atoms with Crippen molar-refractivity contribution in [1.82, 2.24) is 25.0 Å². The van der Waals surface area contributed by atoms with Crippen LogP contribution in [0.25, 0.3) is 0 Å². The second kappa shape index (κ2) is 4.47. The SMILES string of the molecule is CC(C)c1[nH]nc(C(=O)Nc2ncnn2C)c1N. The lowest BCUT2D eigenvalue weighted by atomic mass is 10.1. The van der Waals surface area contributed by atoms with E-state index < -0.39 is 5.91 Å².